The minimum atomic E-state index is -0.375. The van der Waals surface area contributed by atoms with Gasteiger partial charge in [-0.25, -0.2) is 4.79 Å². The van der Waals surface area contributed by atoms with Gasteiger partial charge < -0.3 is 30.5 Å². The molecule has 3 amide bonds. The average Bonchev–Trinajstić information content (AvgIpc) is 2.93. The fourth-order valence-corrected chi connectivity index (χ4v) is 4.58. The molecule has 3 N–H and O–H groups in total. The first kappa shape index (κ1) is 26.3. The zero-order valence-corrected chi connectivity index (χ0v) is 22.7. The monoisotopic (exact) mass is 565 g/mol. The van der Waals surface area contributed by atoms with Crippen molar-refractivity contribution in [3.8, 4) is 5.75 Å². The lowest BCUT2D eigenvalue weighted by Crippen LogP contribution is -2.47. The first-order valence-corrected chi connectivity index (χ1v) is 13.2. The predicted octanol–water partition coefficient (Wildman–Crippen LogP) is 5.57. The normalized spacial score (nSPS) is 13.2. The summed E-state index contributed by atoms with van der Waals surface area (Å²) in [6, 6.07) is 20.5. The highest BCUT2D eigenvalue weighted by molar-refractivity contribution is 9.10. The minimum Gasteiger partial charge on any atom is -0.495 e. The summed E-state index contributed by atoms with van der Waals surface area (Å²) in [5.41, 5.74) is 3.69. The van der Waals surface area contributed by atoms with Crippen LogP contribution in [0.5, 0.6) is 5.75 Å². The lowest BCUT2D eigenvalue weighted by atomic mass is 10.1. The van der Waals surface area contributed by atoms with Crippen molar-refractivity contribution in [1.82, 2.24) is 5.32 Å². The van der Waals surface area contributed by atoms with E-state index in [2.05, 4.69) is 47.7 Å². The lowest BCUT2D eigenvalue weighted by molar-refractivity contribution is 0.0954. The van der Waals surface area contributed by atoms with Gasteiger partial charge in [-0.2, -0.15) is 0 Å². The molecule has 3 aromatic rings. The van der Waals surface area contributed by atoms with E-state index < -0.39 is 0 Å². The van der Waals surface area contributed by atoms with Crippen LogP contribution in [-0.4, -0.2) is 51.8 Å². The molecule has 37 heavy (non-hydrogen) atoms. The van der Waals surface area contributed by atoms with E-state index in [-0.39, 0.29) is 11.9 Å². The summed E-state index contributed by atoms with van der Waals surface area (Å²) >= 11 is 3.39. The van der Waals surface area contributed by atoms with Crippen LogP contribution in [0.25, 0.3) is 0 Å². The predicted molar refractivity (Wildman–Crippen MR) is 153 cm³/mol. The summed E-state index contributed by atoms with van der Waals surface area (Å²) in [6.07, 6.45) is 0.839. The van der Waals surface area contributed by atoms with Crippen molar-refractivity contribution in [3.05, 3.63) is 76.8 Å². The van der Waals surface area contributed by atoms with E-state index in [0.29, 0.717) is 23.5 Å². The van der Waals surface area contributed by atoms with Crippen LogP contribution in [0.3, 0.4) is 0 Å². The first-order chi connectivity index (χ1) is 18.0. The van der Waals surface area contributed by atoms with Gasteiger partial charge in [0.05, 0.1) is 18.4 Å². The summed E-state index contributed by atoms with van der Waals surface area (Å²) in [5, 5.41) is 8.63. The molecule has 0 aliphatic carbocycles. The summed E-state index contributed by atoms with van der Waals surface area (Å²) in [7, 11) is 1.69. The number of amides is 3. The van der Waals surface area contributed by atoms with Crippen molar-refractivity contribution in [2.75, 3.05) is 60.3 Å². The van der Waals surface area contributed by atoms with Gasteiger partial charge in [0.15, 0.2) is 0 Å². The number of hydrogen-bond acceptors (Lipinski definition) is 5. The Hall–Kier alpha value is -3.72. The third kappa shape index (κ3) is 6.74. The number of ether oxygens (including phenoxy) is 1. The summed E-state index contributed by atoms with van der Waals surface area (Å²) in [4.78, 5) is 30.2. The first-order valence-electron chi connectivity index (χ1n) is 12.4. The molecule has 0 radical (unpaired) electrons. The second kappa shape index (κ2) is 12.5. The van der Waals surface area contributed by atoms with Crippen LogP contribution in [0, 0.1) is 0 Å². The molecule has 1 heterocycles. The van der Waals surface area contributed by atoms with Gasteiger partial charge in [-0.05, 0) is 61.0 Å². The molecule has 1 saturated heterocycles. The third-order valence-corrected chi connectivity index (χ3v) is 6.71. The zero-order chi connectivity index (χ0) is 26.2. The van der Waals surface area contributed by atoms with E-state index >= 15 is 0 Å². The van der Waals surface area contributed by atoms with Crippen LogP contribution < -0.4 is 30.5 Å². The van der Waals surface area contributed by atoms with Crippen molar-refractivity contribution in [2.45, 2.75) is 13.3 Å². The molecule has 0 saturated carbocycles. The van der Waals surface area contributed by atoms with E-state index in [1.54, 1.807) is 25.3 Å². The van der Waals surface area contributed by atoms with E-state index in [1.165, 1.54) is 0 Å². The maximum absolute atomic E-state index is 13.1. The number of piperazine rings is 1. The smallest absolute Gasteiger partial charge is 0.323 e. The molecule has 0 unspecified atom stereocenters. The molecule has 0 aromatic heterocycles. The molecule has 3 aromatic carbocycles. The van der Waals surface area contributed by atoms with E-state index in [9.17, 15) is 9.59 Å². The SMILES string of the molecule is CCCNC(=O)c1cc(NC(=O)Nc2ccc(Br)cc2)ccc1N1CCN(c2ccccc2OC)CC1. The molecule has 0 atom stereocenters. The fourth-order valence-electron chi connectivity index (χ4n) is 4.31. The zero-order valence-electron chi connectivity index (χ0n) is 21.1. The van der Waals surface area contributed by atoms with Crippen LogP contribution in [0.2, 0.25) is 0 Å². The number of nitrogens with zero attached hydrogens (tertiary/aromatic N) is 2. The summed E-state index contributed by atoms with van der Waals surface area (Å²) < 4.78 is 6.47. The molecule has 1 aliphatic heterocycles. The highest BCUT2D eigenvalue weighted by atomic mass is 79.9. The van der Waals surface area contributed by atoms with E-state index in [4.69, 9.17) is 4.74 Å². The molecule has 8 nitrogen and oxygen atoms in total. The molecule has 194 valence electrons. The van der Waals surface area contributed by atoms with Crippen LogP contribution in [0.4, 0.5) is 27.5 Å². The van der Waals surface area contributed by atoms with Gasteiger partial charge in [0.25, 0.3) is 5.91 Å². The fraction of sp³-hybridized carbons (Fsp3) is 0.286. The van der Waals surface area contributed by atoms with Crippen LogP contribution in [-0.2, 0) is 0 Å². The van der Waals surface area contributed by atoms with Gasteiger partial charge in [0, 0.05) is 54.3 Å². The second-order valence-corrected chi connectivity index (χ2v) is 9.64. The van der Waals surface area contributed by atoms with Crippen molar-refractivity contribution < 1.29 is 14.3 Å². The Kier molecular flexibility index (Phi) is 8.90. The molecule has 4 rings (SSSR count). The topological polar surface area (TPSA) is 85.9 Å². The van der Waals surface area contributed by atoms with Gasteiger partial charge in [0.1, 0.15) is 5.75 Å². The van der Waals surface area contributed by atoms with E-state index in [0.717, 1.165) is 54.2 Å². The van der Waals surface area contributed by atoms with Gasteiger partial charge >= 0.3 is 6.03 Å². The Balaban J connectivity index is 1.49. The molecule has 1 aliphatic rings. The number of halogens is 1. The van der Waals surface area contributed by atoms with Gasteiger partial charge in [-0.15, -0.1) is 0 Å². The standard InChI is InChI=1S/C28H32BrN5O3/c1-3-14-30-27(35)23-19-22(32-28(36)31-21-10-8-20(29)9-11-21)12-13-24(23)33-15-17-34(18-16-33)25-6-4-5-7-26(25)37-2/h4-13,19H,3,14-18H2,1-2H3,(H,30,35)(H2,31,32,36). The molecular weight excluding hydrogens is 534 g/mol. The number of anilines is 4. The molecular formula is C28H32BrN5O3. The highest BCUT2D eigenvalue weighted by Crippen LogP contribution is 2.31. The Morgan fingerprint density at radius 1 is 0.865 bits per heavy atom. The van der Waals surface area contributed by atoms with Gasteiger partial charge in [-0.3, -0.25) is 4.79 Å². The van der Waals surface area contributed by atoms with Crippen LogP contribution in [0.1, 0.15) is 23.7 Å². The van der Waals surface area contributed by atoms with Crippen molar-refractivity contribution in [2.24, 2.45) is 0 Å². The van der Waals surface area contributed by atoms with Crippen molar-refractivity contribution in [3.63, 3.8) is 0 Å². The second-order valence-electron chi connectivity index (χ2n) is 8.72. The van der Waals surface area contributed by atoms with Gasteiger partial charge in [0.2, 0.25) is 0 Å². The molecule has 9 heteroatoms. The number of nitrogens with one attached hydrogen (secondary N) is 3. The van der Waals surface area contributed by atoms with E-state index in [1.807, 2.05) is 49.4 Å². The number of methoxy groups -OCH3 is 1. The minimum absolute atomic E-state index is 0.152. The maximum Gasteiger partial charge on any atom is 0.323 e. The highest BCUT2D eigenvalue weighted by Gasteiger charge is 2.23. The van der Waals surface area contributed by atoms with Crippen LogP contribution in [0.15, 0.2) is 71.2 Å². The molecule has 0 spiro atoms. The third-order valence-electron chi connectivity index (χ3n) is 6.18. The Bertz CT molecular complexity index is 1230. The average molecular weight is 566 g/mol. The summed E-state index contributed by atoms with van der Waals surface area (Å²) in [5.74, 6) is 0.702. The number of rotatable bonds is 8. The van der Waals surface area contributed by atoms with Crippen molar-refractivity contribution >= 4 is 50.6 Å². The van der Waals surface area contributed by atoms with Crippen molar-refractivity contribution in [1.29, 1.82) is 0 Å². The number of urea groups is 1. The number of hydrogen-bond donors (Lipinski definition) is 3. The number of para-hydroxylation sites is 2. The Labute approximate surface area is 226 Å². The largest absolute Gasteiger partial charge is 0.495 e. The Morgan fingerprint density at radius 3 is 2.16 bits per heavy atom. The maximum atomic E-state index is 13.1. The number of carbonyl (C=O) groups is 2. The lowest BCUT2D eigenvalue weighted by Gasteiger charge is -2.38. The van der Waals surface area contributed by atoms with Crippen LogP contribution >= 0.6 is 15.9 Å². The summed E-state index contributed by atoms with van der Waals surface area (Å²) in [6.45, 7) is 5.70. The number of carbonyl (C=O) groups excluding carboxylic acids is 2. The molecule has 0 bridgehead atoms. The van der Waals surface area contributed by atoms with Gasteiger partial charge in [-0.1, -0.05) is 35.0 Å². The number of benzene rings is 3. The quantitative estimate of drug-likeness (QED) is 0.332. The molecule has 1 fully saturated rings. The Morgan fingerprint density at radius 2 is 1.49 bits per heavy atom.